The molecule has 2 heterocycles. The van der Waals surface area contributed by atoms with Crippen LogP contribution in [0, 0.1) is 6.92 Å². The molecule has 2 aromatic heterocycles. The van der Waals surface area contributed by atoms with Crippen LogP contribution in [0.1, 0.15) is 5.69 Å². The van der Waals surface area contributed by atoms with Crippen molar-refractivity contribution in [2.24, 2.45) is 7.05 Å². The zero-order valence-corrected chi connectivity index (χ0v) is 8.24. The number of fused-ring (bicyclic) bond motifs is 3. The first-order chi connectivity index (χ1) is 6.77. The molecule has 0 aliphatic heterocycles. The summed E-state index contributed by atoms with van der Waals surface area (Å²) in [4.78, 5) is 0. The fraction of sp³-hybridized carbons (Fsp3) is 0.167. The number of furan rings is 1. The lowest BCUT2D eigenvalue weighted by atomic mass is 10.2. The van der Waals surface area contributed by atoms with Crippen molar-refractivity contribution >= 4 is 22.1 Å². The Morgan fingerprint density at radius 3 is 2.79 bits per heavy atom. The second-order valence-electron chi connectivity index (χ2n) is 3.66. The van der Waals surface area contributed by atoms with Crippen LogP contribution in [0.4, 0.5) is 0 Å². The Bertz CT molecular complexity index is 616. The summed E-state index contributed by atoms with van der Waals surface area (Å²) >= 11 is 0. The summed E-state index contributed by atoms with van der Waals surface area (Å²) in [7, 11) is 2.03. The minimum absolute atomic E-state index is 0.962. The molecule has 0 atom stereocenters. The van der Waals surface area contributed by atoms with Crippen LogP contribution < -0.4 is 0 Å². The van der Waals surface area contributed by atoms with Crippen molar-refractivity contribution in [1.29, 1.82) is 0 Å². The molecule has 0 saturated heterocycles. The lowest BCUT2D eigenvalue weighted by Gasteiger charge is -1.93. The molecule has 0 fully saturated rings. The molecule has 0 aliphatic rings. The highest BCUT2D eigenvalue weighted by Gasteiger charge is 2.10. The van der Waals surface area contributed by atoms with Crippen molar-refractivity contribution in [3.8, 4) is 0 Å². The Morgan fingerprint density at radius 1 is 1.14 bits per heavy atom. The molecule has 0 saturated carbocycles. The van der Waals surface area contributed by atoms with Gasteiger partial charge in [-0.05, 0) is 19.1 Å². The predicted octanol–water partition coefficient (Wildman–Crippen LogP) is 3.23. The molecule has 2 nitrogen and oxygen atoms in total. The van der Waals surface area contributed by atoms with Crippen LogP contribution in [-0.2, 0) is 7.05 Å². The van der Waals surface area contributed by atoms with Crippen molar-refractivity contribution < 1.29 is 4.42 Å². The van der Waals surface area contributed by atoms with Gasteiger partial charge in [0, 0.05) is 23.5 Å². The number of rotatable bonds is 0. The average Bonchev–Trinajstić information content (AvgIpc) is 2.67. The van der Waals surface area contributed by atoms with Gasteiger partial charge < -0.3 is 8.98 Å². The van der Waals surface area contributed by atoms with Crippen molar-refractivity contribution in [1.82, 2.24) is 4.57 Å². The quantitative estimate of drug-likeness (QED) is 0.525. The van der Waals surface area contributed by atoms with Crippen molar-refractivity contribution in [2.45, 2.75) is 6.92 Å². The van der Waals surface area contributed by atoms with E-state index in [4.69, 9.17) is 4.42 Å². The molecule has 0 bridgehead atoms. The monoisotopic (exact) mass is 185 g/mol. The highest BCUT2D eigenvalue weighted by atomic mass is 16.3. The van der Waals surface area contributed by atoms with Crippen molar-refractivity contribution in [2.75, 3.05) is 0 Å². The molecule has 0 N–H and O–H groups in total. The summed E-state index contributed by atoms with van der Waals surface area (Å²) in [6, 6.07) is 10.3. The highest BCUT2D eigenvalue weighted by Crippen LogP contribution is 2.30. The molecule has 0 radical (unpaired) electrons. The molecule has 0 spiro atoms. The maximum Gasteiger partial charge on any atom is 0.208 e. The van der Waals surface area contributed by atoms with Crippen LogP contribution in [0.25, 0.3) is 22.1 Å². The van der Waals surface area contributed by atoms with Gasteiger partial charge >= 0.3 is 0 Å². The first kappa shape index (κ1) is 7.68. The second-order valence-corrected chi connectivity index (χ2v) is 3.66. The van der Waals surface area contributed by atoms with Crippen LogP contribution in [0.3, 0.4) is 0 Å². The Morgan fingerprint density at radius 2 is 1.93 bits per heavy atom. The second kappa shape index (κ2) is 2.41. The Hall–Kier alpha value is -1.70. The summed E-state index contributed by atoms with van der Waals surface area (Å²) in [5, 5.41) is 2.41. The van der Waals surface area contributed by atoms with E-state index in [0.29, 0.717) is 0 Å². The number of benzene rings is 1. The molecule has 3 aromatic rings. The number of para-hydroxylation sites is 1. The molecule has 0 amide bonds. The van der Waals surface area contributed by atoms with Gasteiger partial charge in [0.25, 0.3) is 0 Å². The van der Waals surface area contributed by atoms with Crippen LogP contribution in [0.5, 0.6) is 0 Å². The van der Waals surface area contributed by atoms with Gasteiger partial charge in [-0.2, -0.15) is 0 Å². The summed E-state index contributed by atoms with van der Waals surface area (Å²) in [5.41, 5.74) is 3.15. The molecular weight excluding hydrogens is 174 g/mol. The first-order valence-corrected chi connectivity index (χ1v) is 4.71. The third kappa shape index (κ3) is 0.803. The third-order valence-corrected chi connectivity index (χ3v) is 2.80. The van der Waals surface area contributed by atoms with E-state index in [1.54, 1.807) is 0 Å². The van der Waals surface area contributed by atoms with E-state index in [-0.39, 0.29) is 0 Å². The standard InChI is InChI=1S/C12H11NO/c1-8-7-10-9-5-3-4-6-11(9)14-12(10)13(8)2/h3-7H,1-2H3. The smallest absolute Gasteiger partial charge is 0.208 e. The van der Waals surface area contributed by atoms with Gasteiger partial charge in [-0.3, -0.25) is 0 Å². The van der Waals surface area contributed by atoms with Gasteiger partial charge in [0.15, 0.2) is 0 Å². The number of nitrogens with zero attached hydrogens (tertiary/aromatic N) is 1. The molecule has 14 heavy (non-hydrogen) atoms. The number of aromatic nitrogens is 1. The van der Waals surface area contributed by atoms with Gasteiger partial charge in [0.1, 0.15) is 5.58 Å². The highest BCUT2D eigenvalue weighted by molar-refractivity contribution is 6.04. The Kier molecular flexibility index (Phi) is 1.32. The van der Waals surface area contributed by atoms with Crippen LogP contribution >= 0.6 is 0 Å². The average molecular weight is 185 g/mol. The van der Waals surface area contributed by atoms with E-state index >= 15 is 0 Å². The van der Waals surface area contributed by atoms with E-state index in [2.05, 4.69) is 23.6 Å². The van der Waals surface area contributed by atoms with Crippen LogP contribution in [0.2, 0.25) is 0 Å². The zero-order chi connectivity index (χ0) is 9.71. The fourth-order valence-corrected chi connectivity index (χ4v) is 1.91. The lowest BCUT2D eigenvalue weighted by molar-refractivity contribution is 0.626. The Balaban J connectivity index is 2.60. The molecule has 2 heteroatoms. The number of hydrogen-bond donors (Lipinski definition) is 0. The topological polar surface area (TPSA) is 18.1 Å². The SMILES string of the molecule is Cc1cc2c3ccccc3oc2n1C. The van der Waals surface area contributed by atoms with Crippen molar-refractivity contribution in [3.63, 3.8) is 0 Å². The van der Waals surface area contributed by atoms with Gasteiger partial charge in [-0.15, -0.1) is 0 Å². The largest absolute Gasteiger partial charge is 0.440 e. The van der Waals surface area contributed by atoms with E-state index < -0.39 is 0 Å². The fourth-order valence-electron chi connectivity index (χ4n) is 1.91. The maximum atomic E-state index is 5.77. The first-order valence-electron chi connectivity index (χ1n) is 4.71. The molecule has 1 aromatic carbocycles. The van der Waals surface area contributed by atoms with Gasteiger partial charge in [0.05, 0.1) is 0 Å². The molecule has 0 unspecified atom stereocenters. The summed E-state index contributed by atoms with van der Waals surface area (Å²) in [6.07, 6.45) is 0. The predicted molar refractivity (Wildman–Crippen MR) is 57.4 cm³/mol. The van der Waals surface area contributed by atoms with Crippen LogP contribution in [0.15, 0.2) is 34.7 Å². The normalized spacial score (nSPS) is 11.6. The molecule has 0 aliphatic carbocycles. The van der Waals surface area contributed by atoms with E-state index in [1.165, 1.54) is 16.5 Å². The summed E-state index contributed by atoms with van der Waals surface area (Å²) in [5.74, 6) is 0. The molecular formula is C12H11NO. The van der Waals surface area contributed by atoms with Crippen LogP contribution in [-0.4, -0.2) is 4.57 Å². The van der Waals surface area contributed by atoms with E-state index in [0.717, 1.165) is 11.3 Å². The Labute approximate surface area is 81.7 Å². The summed E-state index contributed by atoms with van der Waals surface area (Å²) < 4.78 is 7.85. The van der Waals surface area contributed by atoms with Gasteiger partial charge in [-0.25, -0.2) is 0 Å². The van der Waals surface area contributed by atoms with Crippen molar-refractivity contribution in [3.05, 3.63) is 36.0 Å². The maximum absolute atomic E-state index is 5.77. The van der Waals surface area contributed by atoms with Gasteiger partial charge in [-0.1, -0.05) is 18.2 Å². The van der Waals surface area contributed by atoms with E-state index in [9.17, 15) is 0 Å². The molecule has 3 rings (SSSR count). The lowest BCUT2D eigenvalue weighted by Crippen LogP contribution is -1.87. The summed E-state index contributed by atoms with van der Waals surface area (Å²) in [6.45, 7) is 2.09. The minimum Gasteiger partial charge on any atom is -0.440 e. The third-order valence-electron chi connectivity index (χ3n) is 2.80. The number of hydrogen-bond acceptors (Lipinski definition) is 1. The molecule has 70 valence electrons. The zero-order valence-electron chi connectivity index (χ0n) is 8.24. The number of aryl methyl sites for hydroxylation is 2. The van der Waals surface area contributed by atoms with Gasteiger partial charge in [0.2, 0.25) is 5.71 Å². The minimum atomic E-state index is 0.962. The van der Waals surface area contributed by atoms with E-state index in [1.807, 2.05) is 25.2 Å².